The Kier molecular flexibility index (Phi) is 4.83. The Hall–Kier alpha value is -0.330. The SMILES string of the molecule is Cc1nnc(SCc2ccc(Br)s2)n1C1CCCCC1. The van der Waals surface area contributed by atoms with Crippen LogP contribution in [0.2, 0.25) is 0 Å². The van der Waals surface area contributed by atoms with E-state index in [4.69, 9.17) is 0 Å². The molecule has 0 spiro atoms. The van der Waals surface area contributed by atoms with Crippen molar-refractivity contribution in [3.05, 3.63) is 26.6 Å². The molecular formula is C14H18BrN3S2. The number of halogens is 1. The van der Waals surface area contributed by atoms with Crippen molar-refractivity contribution in [1.29, 1.82) is 0 Å². The zero-order valence-electron chi connectivity index (χ0n) is 11.5. The van der Waals surface area contributed by atoms with Gasteiger partial charge in [-0.3, -0.25) is 0 Å². The number of hydrogen-bond donors (Lipinski definition) is 0. The Balaban J connectivity index is 1.72. The summed E-state index contributed by atoms with van der Waals surface area (Å²) in [6, 6.07) is 4.89. The van der Waals surface area contributed by atoms with E-state index < -0.39 is 0 Å². The standard InChI is InChI=1S/C14H18BrN3S2/c1-10-16-17-14(18(10)11-5-3-2-4-6-11)19-9-12-7-8-13(15)20-12/h7-8,11H,2-6,9H2,1H3. The van der Waals surface area contributed by atoms with E-state index in [0.717, 1.165) is 16.7 Å². The largest absolute Gasteiger partial charge is 0.303 e. The molecule has 0 atom stereocenters. The van der Waals surface area contributed by atoms with Gasteiger partial charge in [0.15, 0.2) is 5.16 Å². The van der Waals surface area contributed by atoms with Gasteiger partial charge >= 0.3 is 0 Å². The molecule has 0 bridgehead atoms. The lowest BCUT2D eigenvalue weighted by Crippen LogP contribution is -2.15. The van der Waals surface area contributed by atoms with Crippen LogP contribution in [-0.2, 0) is 5.75 Å². The summed E-state index contributed by atoms with van der Waals surface area (Å²) in [5.74, 6) is 2.04. The maximum Gasteiger partial charge on any atom is 0.191 e. The summed E-state index contributed by atoms with van der Waals surface area (Å²) in [4.78, 5) is 1.37. The molecule has 1 fully saturated rings. The molecule has 1 aliphatic carbocycles. The van der Waals surface area contributed by atoms with Crippen LogP contribution < -0.4 is 0 Å². The lowest BCUT2D eigenvalue weighted by Gasteiger charge is -2.24. The maximum atomic E-state index is 4.38. The molecule has 2 heterocycles. The third-order valence-electron chi connectivity index (χ3n) is 3.75. The zero-order chi connectivity index (χ0) is 13.9. The molecule has 2 aromatic heterocycles. The lowest BCUT2D eigenvalue weighted by molar-refractivity contribution is 0.332. The topological polar surface area (TPSA) is 30.7 Å². The Morgan fingerprint density at radius 3 is 2.80 bits per heavy atom. The maximum absolute atomic E-state index is 4.38. The van der Waals surface area contributed by atoms with Gasteiger partial charge < -0.3 is 4.57 Å². The van der Waals surface area contributed by atoms with E-state index in [1.807, 2.05) is 0 Å². The van der Waals surface area contributed by atoms with Crippen molar-refractivity contribution in [3.63, 3.8) is 0 Å². The fraction of sp³-hybridized carbons (Fsp3) is 0.571. The van der Waals surface area contributed by atoms with Crippen LogP contribution in [0.15, 0.2) is 21.1 Å². The highest BCUT2D eigenvalue weighted by molar-refractivity contribution is 9.11. The molecule has 0 unspecified atom stereocenters. The molecule has 0 radical (unpaired) electrons. The molecule has 108 valence electrons. The minimum absolute atomic E-state index is 0.608. The number of thiophene rings is 1. The number of thioether (sulfide) groups is 1. The van der Waals surface area contributed by atoms with E-state index in [9.17, 15) is 0 Å². The van der Waals surface area contributed by atoms with Gasteiger partial charge in [-0.1, -0.05) is 31.0 Å². The monoisotopic (exact) mass is 371 g/mol. The molecule has 0 N–H and O–H groups in total. The second-order valence-corrected chi connectivity index (χ2v) is 8.68. The summed E-state index contributed by atoms with van der Waals surface area (Å²) in [6.45, 7) is 2.08. The first kappa shape index (κ1) is 14.6. The minimum atomic E-state index is 0.608. The average Bonchev–Trinajstić information content (AvgIpc) is 3.03. The van der Waals surface area contributed by atoms with Crippen molar-refractivity contribution in [2.45, 2.75) is 56.0 Å². The zero-order valence-corrected chi connectivity index (χ0v) is 14.7. The van der Waals surface area contributed by atoms with Crippen LogP contribution in [0.3, 0.4) is 0 Å². The first-order valence-electron chi connectivity index (χ1n) is 7.02. The van der Waals surface area contributed by atoms with Crippen LogP contribution in [0.25, 0.3) is 0 Å². The molecule has 0 saturated heterocycles. The number of hydrogen-bond acceptors (Lipinski definition) is 4. The van der Waals surface area contributed by atoms with Gasteiger partial charge in [-0.15, -0.1) is 21.5 Å². The molecule has 3 nitrogen and oxygen atoms in total. The molecule has 0 amide bonds. The normalized spacial score (nSPS) is 16.7. The number of aryl methyl sites for hydroxylation is 1. The van der Waals surface area contributed by atoms with E-state index in [1.165, 1.54) is 40.8 Å². The quantitative estimate of drug-likeness (QED) is 0.691. The lowest BCUT2D eigenvalue weighted by atomic mass is 9.95. The van der Waals surface area contributed by atoms with Gasteiger partial charge in [0, 0.05) is 16.7 Å². The summed E-state index contributed by atoms with van der Waals surface area (Å²) in [6.07, 6.45) is 6.60. The van der Waals surface area contributed by atoms with Crippen LogP contribution in [-0.4, -0.2) is 14.8 Å². The Morgan fingerprint density at radius 2 is 2.10 bits per heavy atom. The van der Waals surface area contributed by atoms with Crippen molar-refractivity contribution in [2.24, 2.45) is 0 Å². The van der Waals surface area contributed by atoms with E-state index in [0.29, 0.717) is 6.04 Å². The van der Waals surface area contributed by atoms with Gasteiger partial charge in [0.05, 0.1) is 3.79 Å². The molecule has 1 aliphatic rings. The predicted molar refractivity (Wildman–Crippen MR) is 88.5 cm³/mol. The Bertz CT molecular complexity index is 573. The number of rotatable bonds is 4. The molecule has 0 aromatic carbocycles. The third kappa shape index (κ3) is 3.28. The van der Waals surface area contributed by atoms with Gasteiger partial charge in [-0.05, 0) is 47.8 Å². The predicted octanol–water partition coefficient (Wildman–Crippen LogP) is 5.21. The summed E-state index contributed by atoms with van der Waals surface area (Å²) < 4.78 is 3.56. The second-order valence-electron chi connectivity index (χ2n) is 5.19. The van der Waals surface area contributed by atoms with Crippen molar-refractivity contribution < 1.29 is 0 Å². The van der Waals surface area contributed by atoms with Gasteiger partial charge in [-0.25, -0.2) is 0 Å². The second kappa shape index (κ2) is 6.62. The Labute approximate surface area is 136 Å². The molecule has 0 aliphatic heterocycles. The highest BCUT2D eigenvalue weighted by Crippen LogP contribution is 2.34. The Morgan fingerprint density at radius 1 is 1.30 bits per heavy atom. The van der Waals surface area contributed by atoms with Crippen LogP contribution >= 0.6 is 39.0 Å². The fourth-order valence-electron chi connectivity index (χ4n) is 2.77. The number of aromatic nitrogens is 3. The van der Waals surface area contributed by atoms with E-state index in [-0.39, 0.29) is 0 Å². The van der Waals surface area contributed by atoms with Crippen LogP contribution in [0, 0.1) is 6.92 Å². The van der Waals surface area contributed by atoms with Crippen LogP contribution in [0.4, 0.5) is 0 Å². The van der Waals surface area contributed by atoms with Crippen LogP contribution in [0.1, 0.15) is 48.8 Å². The molecule has 6 heteroatoms. The average molecular weight is 372 g/mol. The van der Waals surface area contributed by atoms with Gasteiger partial charge in [0.1, 0.15) is 5.82 Å². The molecular weight excluding hydrogens is 354 g/mol. The first-order valence-corrected chi connectivity index (χ1v) is 9.62. The molecule has 20 heavy (non-hydrogen) atoms. The van der Waals surface area contributed by atoms with Crippen LogP contribution in [0.5, 0.6) is 0 Å². The van der Waals surface area contributed by atoms with Gasteiger partial charge in [-0.2, -0.15) is 0 Å². The summed E-state index contributed by atoms with van der Waals surface area (Å²) >= 11 is 7.12. The highest BCUT2D eigenvalue weighted by atomic mass is 79.9. The highest BCUT2D eigenvalue weighted by Gasteiger charge is 2.21. The van der Waals surface area contributed by atoms with Gasteiger partial charge in [0.2, 0.25) is 0 Å². The number of nitrogens with zero attached hydrogens (tertiary/aromatic N) is 3. The van der Waals surface area contributed by atoms with Crippen molar-refractivity contribution >= 4 is 39.0 Å². The first-order chi connectivity index (χ1) is 9.74. The van der Waals surface area contributed by atoms with Crippen molar-refractivity contribution in [2.75, 3.05) is 0 Å². The molecule has 3 rings (SSSR count). The van der Waals surface area contributed by atoms with E-state index in [2.05, 4.69) is 49.8 Å². The fourth-order valence-corrected chi connectivity index (χ4v) is 5.35. The summed E-state index contributed by atoms with van der Waals surface area (Å²) in [5.41, 5.74) is 0. The summed E-state index contributed by atoms with van der Waals surface area (Å²) in [7, 11) is 0. The summed E-state index contributed by atoms with van der Waals surface area (Å²) in [5, 5.41) is 9.76. The van der Waals surface area contributed by atoms with Crippen molar-refractivity contribution in [1.82, 2.24) is 14.8 Å². The minimum Gasteiger partial charge on any atom is -0.303 e. The smallest absolute Gasteiger partial charge is 0.191 e. The molecule has 1 saturated carbocycles. The van der Waals surface area contributed by atoms with Crippen molar-refractivity contribution in [3.8, 4) is 0 Å². The third-order valence-corrected chi connectivity index (χ3v) is 6.55. The van der Waals surface area contributed by atoms with E-state index in [1.54, 1.807) is 23.1 Å². The van der Waals surface area contributed by atoms with E-state index >= 15 is 0 Å². The van der Waals surface area contributed by atoms with Gasteiger partial charge in [0.25, 0.3) is 0 Å². The molecule has 2 aromatic rings.